The highest BCUT2D eigenvalue weighted by molar-refractivity contribution is 6.10. The first kappa shape index (κ1) is 17.7. The highest BCUT2D eigenvalue weighted by atomic mass is 15.2. The number of hydrogen-bond donors (Lipinski definition) is 0. The van der Waals surface area contributed by atoms with Gasteiger partial charge in [-0.3, -0.25) is 0 Å². The Morgan fingerprint density at radius 3 is 1.68 bits per heavy atom. The minimum Gasteiger partial charge on any atom is -0.321 e. The van der Waals surface area contributed by atoms with Crippen LogP contribution in [0.1, 0.15) is 11.1 Å². The molecule has 0 aliphatic carbocycles. The molecule has 0 fully saturated rings. The van der Waals surface area contributed by atoms with Gasteiger partial charge in [-0.05, 0) is 29.8 Å². The number of amidine groups is 1. The molecule has 0 spiro atoms. The van der Waals surface area contributed by atoms with Gasteiger partial charge < -0.3 is 4.90 Å². The first-order valence-electron chi connectivity index (χ1n) is 9.46. The van der Waals surface area contributed by atoms with Gasteiger partial charge in [0.1, 0.15) is 5.84 Å². The minimum absolute atomic E-state index is 0.741. The molecule has 28 heavy (non-hydrogen) atoms. The lowest BCUT2D eigenvalue weighted by Gasteiger charge is -2.27. The smallest absolute Gasteiger partial charge is 0.141 e. The van der Waals surface area contributed by atoms with Gasteiger partial charge in [0.15, 0.2) is 0 Å². The molecule has 0 aromatic heterocycles. The molecule has 4 aromatic carbocycles. The van der Waals surface area contributed by atoms with Crippen molar-refractivity contribution in [3.05, 3.63) is 132 Å². The molecule has 0 atom stereocenters. The second-order valence-corrected chi connectivity index (χ2v) is 6.54. The van der Waals surface area contributed by atoms with Gasteiger partial charge in [-0.25, -0.2) is 4.99 Å². The van der Waals surface area contributed by atoms with Crippen molar-refractivity contribution in [2.75, 3.05) is 4.90 Å². The number of anilines is 1. The summed E-state index contributed by atoms with van der Waals surface area (Å²) in [5, 5.41) is 0. The summed E-state index contributed by atoms with van der Waals surface area (Å²) in [7, 11) is 0. The van der Waals surface area contributed by atoms with Crippen LogP contribution in [0.3, 0.4) is 0 Å². The second-order valence-electron chi connectivity index (χ2n) is 6.54. The quantitative estimate of drug-likeness (QED) is 0.293. The van der Waals surface area contributed by atoms with Crippen LogP contribution < -0.4 is 4.90 Å². The topological polar surface area (TPSA) is 15.6 Å². The van der Waals surface area contributed by atoms with E-state index in [9.17, 15) is 0 Å². The fraction of sp³-hybridized carbons (Fsp3) is 0.0385. The Balaban J connectivity index is 1.84. The van der Waals surface area contributed by atoms with Crippen molar-refractivity contribution in [3.63, 3.8) is 0 Å². The zero-order chi connectivity index (χ0) is 19.0. The molecular weight excluding hydrogens is 340 g/mol. The van der Waals surface area contributed by atoms with E-state index < -0.39 is 0 Å². The Hall–Kier alpha value is -3.65. The normalized spacial score (nSPS) is 11.2. The van der Waals surface area contributed by atoms with Crippen molar-refractivity contribution in [2.45, 2.75) is 6.54 Å². The number of aliphatic imine (C=N–C) groups is 1. The summed E-state index contributed by atoms with van der Waals surface area (Å²) in [6.45, 7) is 0.741. The van der Waals surface area contributed by atoms with E-state index in [-0.39, 0.29) is 0 Å². The van der Waals surface area contributed by atoms with E-state index in [0.717, 1.165) is 29.3 Å². The lowest BCUT2D eigenvalue weighted by molar-refractivity contribution is 1.00. The largest absolute Gasteiger partial charge is 0.321 e. The fourth-order valence-electron chi connectivity index (χ4n) is 3.16. The first-order chi connectivity index (χ1) is 13.9. The second kappa shape index (κ2) is 8.83. The summed E-state index contributed by atoms with van der Waals surface area (Å²) in [4.78, 5) is 7.32. The van der Waals surface area contributed by atoms with E-state index in [1.807, 2.05) is 48.5 Å². The van der Waals surface area contributed by atoms with E-state index in [4.69, 9.17) is 4.99 Å². The Morgan fingerprint density at radius 2 is 1.07 bits per heavy atom. The maximum absolute atomic E-state index is 5.04. The highest BCUT2D eigenvalue weighted by Gasteiger charge is 2.16. The van der Waals surface area contributed by atoms with Crippen LogP contribution >= 0.6 is 0 Å². The van der Waals surface area contributed by atoms with Gasteiger partial charge in [0.2, 0.25) is 0 Å². The number of rotatable bonds is 5. The summed E-state index contributed by atoms with van der Waals surface area (Å²) in [6.07, 6.45) is 0. The van der Waals surface area contributed by atoms with Crippen LogP contribution in [-0.2, 0) is 6.54 Å². The Morgan fingerprint density at radius 1 is 0.571 bits per heavy atom. The molecule has 0 radical (unpaired) electrons. The molecule has 0 N–H and O–H groups in total. The van der Waals surface area contributed by atoms with Crippen LogP contribution in [0.5, 0.6) is 0 Å². The molecule has 4 aromatic rings. The van der Waals surface area contributed by atoms with Gasteiger partial charge in [0, 0.05) is 17.8 Å². The lowest BCUT2D eigenvalue weighted by atomic mass is 10.1. The van der Waals surface area contributed by atoms with Gasteiger partial charge in [-0.1, -0.05) is 97.1 Å². The highest BCUT2D eigenvalue weighted by Crippen LogP contribution is 2.23. The predicted octanol–water partition coefficient (Wildman–Crippen LogP) is 6.47. The van der Waals surface area contributed by atoms with Gasteiger partial charge >= 0.3 is 0 Å². The number of benzene rings is 4. The van der Waals surface area contributed by atoms with Crippen LogP contribution in [0.15, 0.2) is 126 Å². The molecule has 0 aliphatic rings. The third-order valence-corrected chi connectivity index (χ3v) is 4.53. The summed E-state index contributed by atoms with van der Waals surface area (Å²) in [5.41, 5.74) is 4.38. The maximum atomic E-state index is 5.04. The standard InChI is InChI=1S/C26H22N2/c1-5-13-22(14-6-1)21-28(25-19-11-4-12-20-25)26(23-15-7-2-8-16-23)27-24-17-9-3-10-18-24/h1-20H,21H2. The van der Waals surface area contributed by atoms with Crippen LogP contribution in [0, 0.1) is 0 Å². The van der Waals surface area contributed by atoms with E-state index >= 15 is 0 Å². The third kappa shape index (κ3) is 4.36. The molecule has 0 saturated heterocycles. The van der Waals surface area contributed by atoms with E-state index in [1.165, 1.54) is 5.56 Å². The molecule has 2 heteroatoms. The Labute approximate surface area is 166 Å². The predicted molar refractivity (Wildman–Crippen MR) is 118 cm³/mol. The Bertz CT molecular complexity index is 1010. The zero-order valence-corrected chi connectivity index (χ0v) is 15.6. The zero-order valence-electron chi connectivity index (χ0n) is 15.6. The Kier molecular flexibility index (Phi) is 5.60. The van der Waals surface area contributed by atoms with Gasteiger partial charge in [0.05, 0.1) is 5.69 Å². The van der Waals surface area contributed by atoms with Crippen molar-refractivity contribution in [2.24, 2.45) is 4.99 Å². The molecule has 2 nitrogen and oxygen atoms in total. The van der Waals surface area contributed by atoms with Crippen LogP contribution in [0.2, 0.25) is 0 Å². The summed E-state index contributed by atoms with van der Waals surface area (Å²) in [5.74, 6) is 0.932. The number of para-hydroxylation sites is 2. The molecule has 0 aliphatic heterocycles. The van der Waals surface area contributed by atoms with Gasteiger partial charge in [-0.15, -0.1) is 0 Å². The number of hydrogen-bond acceptors (Lipinski definition) is 1. The molecular formula is C26H22N2. The van der Waals surface area contributed by atoms with E-state index in [2.05, 4.69) is 77.7 Å². The van der Waals surface area contributed by atoms with Gasteiger partial charge in [0.25, 0.3) is 0 Å². The monoisotopic (exact) mass is 362 g/mol. The van der Waals surface area contributed by atoms with Crippen LogP contribution in [-0.4, -0.2) is 5.84 Å². The third-order valence-electron chi connectivity index (χ3n) is 4.53. The van der Waals surface area contributed by atoms with Crippen molar-refractivity contribution in [3.8, 4) is 0 Å². The molecule has 0 unspecified atom stereocenters. The molecule has 0 saturated carbocycles. The minimum atomic E-state index is 0.741. The maximum Gasteiger partial charge on any atom is 0.141 e. The van der Waals surface area contributed by atoms with E-state index in [0.29, 0.717) is 0 Å². The first-order valence-corrected chi connectivity index (χ1v) is 9.46. The van der Waals surface area contributed by atoms with Crippen molar-refractivity contribution in [1.82, 2.24) is 0 Å². The summed E-state index contributed by atoms with van der Waals surface area (Å²) < 4.78 is 0. The molecule has 0 bridgehead atoms. The van der Waals surface area contributed by atoms with Crippen LogP contribution in [0.25, 0.3) is 0 Å². The SMILES string of the molecule is c1ccc(CN(C(=Nc2ccccc2)c2ccccc2)c2ccccc2)cc1. The van der Waals surface area contributed by atoms with Crippen LogP contribution in [0.4, 0.5) is 11.4 Å². The van der Waals surface area contributed by atoms with Crippen molar-refractivity contribution >= 4 is 17.2 Å². The van der Waals surface area contributed by atoms with Crippen molar-refractivity contribution in [1.29, 1.82) is 0 Å². The molecule has 4 rings (SSSR count). The summed E-state index contributed by atoms with van der Waals surface area (Å²) >= 11 is 0. The molecule has 0 heterocycles. The fourth-order valence-corrected chi connectivity index (χ4v) is 3.16. The lowest BCUT2D eigenvalue weighted by Crippen LogP contribution is -2.31. The van der Waals surface area contributed by atoms with Gasteiger partial charge in [-0.2, -0.15) is 0 Å². The van der Waals surface area contributed by atoms with E-state index in [1.54, 1.807) is 0 Å². The molecule has 136 valence electrons. The average molecular weight is 362 g/mol. The summed E-state index contributed by atoms with van der Waals surface area (Å²) in [6, 6.07) is 41.5. The average Bonchev–Trinajstić information content (AvgIpc) is 2.79. The van der Waals surface area contributed by atoms with Crippen molar-refractivity contribution < 1.29 is 0 Å². The molecule has 0 amide bonds. The number of nitrogens with zero attached hydrogens (tertiary/aromatic N) is 2.